The molecule has 5 nitrogen and oxygen atoms in total. The lowest BCUT2D eigenvalue weighted by Gasteiger charge is -2.10. The maximum atomic E-state index is 11.8. The van der Waals surface area contributed by atoms with Gasteiger partial charge < -0.3 is 4.74 Å². The van der Waals surface area contributed by atoms with E-state index in [0.29, 0.717) is 12.3 Å². The van der Waals surface area contributed by atoms with Gasteiger partial charge in [0.25, 0.3) is 5.91 Å². The molecule has 100 valence electrons. The first-order chi connectivity index (χ1) is 9.22. The van der Waals surface area contributed by atoms with Gasteiger partial charge in [-0.2, -0.15) is 10.1 Å². The summed E-state index contributed by atoms with van der Waals surface area (Å²) >= 11 is 0. The van der Waals surface area contributed by atoms with E-state index in [1.54, 1.807) is 12.1 Å². The van der Waals surface area contributed by atoms with Gasteiger partial charge in [-0.05, 0) is 18.6 Å². The fourth-order valence-electron chi connectivity index (χ4n) is 1.71. The van der Waals surface area contributed by atoms with E-state index in [1.165, 1.54) is 5.01 Å². The molecule has 19 heavy (non-hydrogen) atoms. The molecule has 0 unspecified atom stereocenters. The van der Waals surface area contributed by atoms with Gasteiger partial charge in [-0.3, -0.25) is 4.79 Å². The highest BCUT2D eigenvalue weighted by Crippen LogP contribution is 2.20. The summed E-state index contributed by atoms with van der Waals surface area (Å²) < 4.78 is 5.05. The van der Waals surface area contributed by atoms with Crippen molar-refractivity contribution in [3.63, 3.8) is 0 Å². The minimum absolute atomic E-state index is 0.000146. The van der Waals surface area contributed by atoms with E-state index < -0.39 is 5.97 Å². The van der Waals surface area contributed by atoms with Crippen molar-refractivity contribution < 1.29 is 14.3 Å². The predicted molar refractivity (Wildman–Crippen MR) is 71.8 cm³/mol. The molecule has 5 heteroatoms. The molecule has 0 aliphatic carbocycles. The minimum atomic E-state index is -0.500. The van der Waals surface area contributed by atoms with Crippen molar-refractivity contribution in [2.75, 3.05) is 11.6 Å². The van der Waals surface area contributed by atoms with Crippen LogP contribution in [0.15, 0.2) is 35.4 Å². The maximum Gasteiger partial charge on any atom is 0.355 e. The number of hydrogen-bond donors (Lipinski definition) is 0. The molecule has 0 saturated heterocycles. The van der Waals surface area contributed by atoms with Crippen LogP contribution >= 0.6 is 0 Å². The number of rotatable bonds is 5. The number of esters is 1. The fraction of sp³-hybridized carbons (Fsp3) is 0.357. The highest BCUT2D eigenvalue weighted by Gasteiger charge is 2.30. The average Bonchev–Trinajstić information content (AvgIpc) is 2.82. The first-order valence-electron chi connectivity index (χ1n) is 6.35. The molecule has 0 spiro atoms. The van der Waals surface area contributed by atoms with E-state index in [-0.39, 0.29) is 18.0 Å². The third-order valence-corrected chi connectivity index (χ3v) is 2.74. The van der Waals surface area contributed by atoms with Crippen molar-refractivity contribution in [2.24, 2.45) is 5.10 Å². The van der Waals surface area contributed by atoms with E-state index in [4.69, 9.17) is 4.74 Å². The molecule has 1 amide bonds. The molecular weight excluding hydrogens is 244 g/mol. The van der Waals surface area contributed by atoms with Crippen LogP contribution in [0.4, 0.5) is 5.69 Å². The lowest BCUT2D eigenvalue weighted by Crippen LogP contribution is -2.19. The third kappa shape index (κ3) is 3.19. The normalized spacial score (nSPS) is 14.5. The summed E-state index contributed by atoms with van der Waals surface area (Å²) in [5.74, 6) is -0.714. The Balaban J connectivity index is 2.04. The Morgan fingerprint density at radius 1 is 1.37 bits per heavy atom. The minimum Gasteiger partial charge on any atom is -0.461 e. The second-order valence-electron chi connectivity index (χ2n) is 4.25. The van der Waals surface area contributed by atoms with Crippen molar-refractivity contribution in [3.05, 3.63) is 30.3 Å². The zero-order valence-corrected chi connectivity index (χ0v) is 10.8. The summed E-state index contributed by atoms with van der Waals surface area (Å²) in [6.07, 6.45) is 1.77. The van der Waals surface area contributed by atoms with Gasteiger partial charge >= 0.3 is 5.97 Å². The molecule has 0 atom stereocenters. The molecular formula is C14H16N2O3. The second-order valence-corrected chi connectivity index (χ2v) is 4.25. The van der Waals surface area contributed by atoms with Crippen LogP contribution in [0.3, 0.4) is 0 Å². The number of nitrogens with zero attached hydrogens (tertiary/aromatic N) is 2. The Bertz CT molecular complexity index is 497. The molecule has 0 radical (unpaired) electrons. The highest BCUT2D eigenvalue weighted by atomic mass is 16.5. The second kappa shape index (κ2) is 6.13. The molecule has 2 rings (SSSR count). The van der Waals surface area contributed by atoms with Crippen LogP contribution in [-0.2, 0) is 14.3 Å². The summed E-state index contributed by atoms with van der Waals surface area (Å²) in [5.41, 5.74) is 0.828. The van der Waals surface area contributed by atoms with Gasteiger partial charge in [0.1, 0.15) is 0 Å². The van der Waals surface area contributed by atoms with Gasteiger partial charge in [-0.15, -0.1) is 0 Å². The number of ether oxygens (including phenoxy) is 1. The third-order valence-electron chi connectivity index (χ3n) is 2.74. The van der Waals surface area contributed by atoms with Gasteiger partial charge in [0.2, 0.25) is 0 Å². The van der Waals surface area contributed by atoms with E-state index in [0.717, 1.165) is 12.8 Å². The number of hydrazone groups is 1. The van der Waals surface area contributed by atoms with Crippen LogP contribution < -0.4 is 5.01 Å². The molecule has 1 aliphatic rings. The van der Waals surface area contributed by atoms with Crippen molar-refractivity contribution >= 4 is 23.3 Å². The molecule has 1 heterocycles. The van der Waals surface area contributed by atoms with Crippen LogP contribution in [0.5, 0.6) is 0 Å². The topological polar surface area (TPSA) is 59.0 Å². The van der Waals surface area contributed by atoms with Gasteiger partial charge in [0, 0.05) is 0 Å². The molecule has 1 aliphatic heterocycles. The molecule has 0 aromatic heterocycles. The Kier molecular flexibility index (Phi) is 4.28. The number of carbonyl (C=O) groups excluding carboxylic acids is 2. The quantitative estimate of drug-likeness (QED) is 0.602. The van der Waals surface area contributed by atoms with E-state index in [2.05, 4.69) is 5.10 Å². The van der Waals surface area contributed by atoms with E-state index >= 15 is 0 Å². The van der Waals surface area contributed by atoms with Crippen LogP contribution in [0.1, 0.15) is 26.2 Å². The van der Waals surface area contributed by atoms with Crippen molar-refractivity contribution in [3.8, 4) is 0 Å². The lowest BCUT2D eigenvalue weighted by atomic mass is 10.2. The number of anilines is 1. The number of unbranched alkanes of at least 4 members (excludes halogenated alkanes) is 1. The van der Waals surface area contributed by atoms with Crippen molar-refractivity contribution in [1.29, 1.82) is 0 Å². The smallest absolute Gasteiger partial charge is 0.355 e. The van der Waals surface area contributed by atoms with Gasteiger partial charge in [-0.1, -0.05) is 31.5 Å². The van der Waals surface area contributed by atoms with Crippen LogP contribution in [0.25, 0.3) is 0 Å². The molecule has 1 aromatic carbocycles. The fourth-order valence-corrected chi connectivity index (χ4v) is 1.71. The Morgan fingerprint density at radius 2 is 2.11 bits per heavy atom. The van der Waals surface area contributed by atoms with Crippen LogP contribution in [-0.4, -0.2) is 24.2 Å². The summed E-state index contributed by atoms with van der Waals surface area (Å²) in [5, 5.41) is 5.29. The number of carbonyl (C=O) groups is 2. The summed E-state index contributed by atoms with van der Waals surface area (Å²) in [7, 11) is 0. The maximum absolute atomic E-state index is 11.8. The number of para-hydroxylation sites is 1. The summed E-state index contributed by atoms with van der Waals surface area (Å²) in [6, 6.07) is 9.03. The molecule has 0 bridgehead atoms. The van der Waals surface area contributed by atoms with Crippen LogP contribution in [0, 0.1) is 0 Å². The number of benzene rings is 1. The van der Waals surface area contributed by atoms with E-state index in [9.17, 15) is 9.59 Å². The molecule has 0 fully saturated rings. The lowest BCUT2D eigenvalue weighted by molar-refractivity contribution is -0.136. The largest absolute Gasteiger partial charge is 0.461 e. The monoisotopic (exact) mass is 260 g/mol. The van der Waals surface area contributed by atoms with Crippen LogP contribution in [0.2, 0.25) is 0 Å². The first kappa shape index (κ1) is 13.3. The first-order valence-corrected chi connectivity index (χ1v) is 6.35. The Morgan fingerprint density at radius 3 is 2.79 bits per heavy atom. The van der Waals surface area contributed by atoms with Crippen molar-refractivity contribution in [1.82, 2.24) is 0 Å². The Labute approximate surface area is 111 Å². The summed E-state index contributed by atoms with van der Waals surface area (Å²) in [4.78, 5) is 23.5. The van der Waals surface area contributed by atoms with E-state index in [1.807, 2.05) is 25.1 Å². The molecule has 0 saturated carbocycles. The van der Waals surface area contributed by atoms with Gasteiger partial charge in [0.05, 0.1) is 18.7 Å². The average molecular weight is 260 g/mol. The van der Waals surface area contributed by atoms with Gasteiger partial charge in [0.15, 0.2) is 5.71 Å². The highest BCUT2D eigenvalue weighted by molar-refractivity contribution is 6.42. The Hall–Kier alpha value is -2.17. The summed E-state index contributed by atoms with van der Waals surface area (Å²) in [6.45, 7) is 2.38. The van der Waals surface area contributed by atoms with Crippen molar-refractivity contribution in [2.45, 2.75) is 26.2 Å². The molecule has 1 aromatic rings. The zero-order chi connectivity index (χ0) is 13.7. The van der Waals surface area contributed by atoms with Gasteiger partial charge in [-0.25, -0.2) is 4.79 Å². The number of amides is 1. The number of hydrogen-bond acceptors (Lipinski definition) is 4. The standard InChI is InChI=1S/C14H16N2O3/c1-2-3-9-19-14(18)12-10-13(17)16(15-12)11-7-5-4-6-8-11/h4-8H,2-3,9-10H2,1H3. The zero-order valence-electron chi connectivity index (χ0n) is 10.8. The SMILES string of the molecule is CCCCOC(=O)C1=NN(c2ccccc2)C(=O)C1. The molecule has 0 N–H and O–H groups in total. The predicted octanol–water partition coefficient (Wildman–Crippen LogP) is 2.12.